The number of benzene rings is 2. The molecular formula is C24H25N2O3+. The summed E-state index contributed by atoms with van der Waals surface area (Å²) in [4.78, 5) is 12.7. The predicted molar refractivity (Wildman–Crippen MR) is 117 cm³/mol. The lowest BCUT2D eigenvalue weighted by Crippen LogP contribution is -2.53. The number of hydrogen-bond acceptors (Lipinski definition) is 3. The minimum atomic E-state index is -0.105. The van der Waals surface area contributed by atoms with Gasteiger partial charge in [-0.25, -0.2) is 0 Å². The molecule has 0 radical (unpaired) electrons. The molecule has 0 aliphatic carbocycles. The number of ether oxygens (including phenoxy) is 2. The number of aromatic nitrogens is 2. The smallest absolute Gasteiger partial charge is 0.496 e. The Morgan fingerprint density at radius 3 is 1.90 bits per heavy atom. The summed E-state index contributed by atoms with van der Waals surface area (Å²) in [6, 6.07) is 17.5. The fourth-order valence-corrected chi connectivity index (χ4v) is 3.07. The van der Waals surface area contributed by atoms with E-state index < -0.39 is 0 Å². The van der Waals surface area contributed by atoms with Gasteiger partial charge < -0.3 is 9.47 Å². The molecule has 0 atom stereocenters. The third-order valence-electron chi connectivity index (χ3n) is 4.79. The van der Waals surface area contributed by atoms with Gasteiger partial charge in [0.1, 0.15) is 22.9 Å². The molecule has 5 nitrogen and oxygen atoms in total. The highest BCUT2D eigenvalue weighted by Gasteiger charge is 2.13. The average molecular weight is 389 g/mol. The van der Waals surface area contributed by atoms with Crippen LogP contribution < -0.4 is 19.7 Å². The zero-order valence-electron chi connectivity index (χ0n) is 17.1. The molecule has 29 heavy (non-hydrogen) atoms. The first-order valence-corrected chi connectivity index (χ1v) is 9.27. The quantitative estimate of drug-likeness (QED) is 0.606. The van der Waals surface area contributed by atoms with Gasteiger partial charge in [-0.3, -0.25) is 0 Å². The summed E-state index contributed by atoms with van der Waals surface area (Å²) in [5, 5.41) is 0. The van der Waals surface area contributed by atoms with E-state index in [1.165, 1.54) is 0 Å². The Hall–Kier alpha value is -3.60. The summed E-state index contributed by atoms with van der Waals surface area (Å²) in [5.41, 5.74) is 3.37. The fourth-order valence-electron chi connectivity index (χ4n) is 3.07. The Balaban J connectivity index is 2.00. The first-order chi connectivity index (χ1) is 14.0. The Morgan fingerprint density at radius 1 is 0.828 bits per heavy atom. The van der Waals surface area contributed by atoms with Crippen molar-refractivity contribution in [2.45, 2.75) is 0 Å². The van der Waals surface area contributed by atoms with Gasteiger partial charge in [0.2, 0.25) is 0 Å². The van der Waals surface area contributed by atoms with Crippen LogP contribution in [0.2, 0.25) is 0 Å². The van der Waals surface area contributed by atoms with E-state index in [1.54, 1.807) is 37.4 Å². The lowest BCUT2D eigenvalue weighted by molar-refractivity contribution is -0.692. The number of para-hydroxylation sites is 2. The maximum Gasteiger partial charge on any atom is 0.498 e. The number of nitrogens with zero attached hydrogens (tertiary/aromatic N) is 2. The van der Waals surface area contributed by atoms with Crippen LogP contribution in [0.3, 0.4) is 0 Å². The highest BCUT2D eigenvalue weighted by Crippen LogP contribution is 2.21. The van der Waals surface area contributed by atoms with Crippen LogP contribution in [-0.2, 0) is 14.1 Å². The summed E-state index contributed by atoms with van der Waals surface area (Å²) in [7, 11) is 6.81. The lowest BCUT2D eigenvalue weighted by Gasteiger charge is -2.05. The van der Waals surface area contributed by atoms with Crippen LogP contribution in [0.4, 0.5) is 0 Å². The second-order valence-electron chi connectivity index (χ2n) is 6.55. The molecule has 5 heteroatoms. The molecule has 0 saturated carbocycles. The van der Waals surface area contributed by atoms with E-state index in [-0.39, 0.29) is 5.69 Å². The SMILES string of the molecule is COc1ccccc1/C=C/c1cc(/C=C/c2ccccc2OC)[n+](C)c(=O)n1C. The van der Waals surface area contributed by atoms with Gasteiger partial charge in [0.15, 0.2) is 0 Å². The van der Waals surface area contributed by atoms with Gasteiger partial charge in [-0.1, -0.05) is 36.4 Å². The normalized spacial score (nSPS) is 11.3. The number of methoxy groups -OCH3 is 2. The molecule has 1 aromatic heterocycles. The van der Waals surface area contributed by atoms with Crippen molar-refractivity contribution < 1.29 is 14.0 Å². The van der Waals surface area contributed by atoms with Crippen molar-refractivity contribution in [1.82, 2.24) is 4.57 Å². The summed E-state index contributed by atoms with van der Waals surface area (Å²) >= 11 is 0. The highest BCUT2D eigenvalue weighted by molar-refractivity contribution is 5.74. The van der Waals surface area contributed by atoms with Crippen LogP contribution in [0.5, 0.6) is 11.5 Å². The summed E-state index contributed by atoms with van der Waals surface area (Å²) < 4.78 is 14.0. The minimum absolute atomic E-state index is 0.105. The Bertz CT molecular complexity index is 1040. The third kappa shape index (κ3) is 4.46. The summed E-state index contributed by atoms with van der Waals surface area (Å²) in [6.07, 6.45) is 7.72. The van der Waals surface area contributed by atoms with Gasteiger partial charge in [-0.2, -0.15) is 13.9 Å². The maximum absolute atomic E-state index is 12.7. The molecule has 0 amide bonds. The van der Waals surface area contributed by atoms with Crippen LogP contribution in [0.15, 0.2) is 59.4 Å². The summed E-state index contributed by atoms with van der Waals surface area (Å²) in [6.45, 7) is 0. The molecule has 1 heterocycles. The van der Waals surface area contributed by atoms with E-state index in [2.05, 4.69) is 0 Å². The molecule has 0 unspecified atom stereocenters. The number of rotatable bonds is 6. The van der Waals surface area contributed by atoms with Gasteiger partial charge in [-0.05, 0) is 36.4 Å². The van der Waals surface area contributed by atoms with E-state index in [0.29, 0.717) is 0 Å². The fraction of sp³-hybridized carbons (Fsp3) is 0.167. The van der Waals surface area contributed by atoms with E-state index >= 15 is 0 Å². The Kier molecular flexibility index (Phi) is 6.29. The van der Waals surface area contributed by atoms with Crippen molar-refractivity contribution in [3.05, 3.63) is 87.6 Å². The second kappa shape index (κ2) is 9.06. The van der Waals surface area contributed by atoms with Crippen LogP contribution in [0.1, 0.15) is 22.5 Å². The molecule has 0 saturated heterocycles. The van der Waals surface area contributed by atoms with Crippen LogP contribution >= 0.6 is 0 Å². The van der Waals surface area contributed by atoms with E-state index in [0.717, 1.165) is 34.0 Å². The lowest BCUT2D eigenvalue weighted by atomic mass is 10.1. The molecule has 0 fully saturated rings. The summed E-state index contributed by atoms with van der Waals surface area (Å²) in [5.74, 6) is 1.57. The van der Waals surface area contributed by atoms with Gasteiger partial charge >= 0.3 is 5.69 Å². The maximum atomic E-state index is 12.7. The van der Waals surface area contributed by atoms with Crippen molar-refractivity contribution in [3.8, 4) is 11.5 Å². The van der Waals surface area contributed by atoms with Crippen molar-refractivity contribution in [1.29, 1.82) is 0 Å². The van der Waals surface area contributed by atoms with Gasteiger partial charge in [-0.15, -0.1) is 0 Å². The standard InChI is InChI=1S/C24H25N2O3/c1-25-20(15-13-18-9-5-7-11-22(18)28-3)17-21(26(2)24(25)27)16-14-19-10-6-8-12-23(19)29-4/h5-17H,1-4H3/q+1/b15-13+,16-14+. The van der Waals surface area contributed by atoms with Crippen LogP contribution in [0, 0.1) is 0 Å². The van der Waals surface area contributed by atoms with Crippen LogP contribution in [0.25, 0.3) is 24.3 Å². The van der Waals surface area contributed by atoms with Crippen molar-refractivity contribution >= 4 is 24.3 Å². The van der Waals surface area contributed by atoms with Crippen LogP contribution in [-0.4, -0.2) is 18.8 Å². The molecule has 2 aromatic carbocycles. The molecule has 0 bridgehead atoms. The first-order valence-electron chi connectivity index (χ1n) is 9.27. The molecule has 0 aliphatic rings. The predicted octanol–water partition coefficient (Wildman–Crippen LogP) is 3.57. The second-order valence-corrected chi connectivity index (χ2v) is 6.55. The largest absolute Gasteiger partial charge is 0.498 e. The van der Waals surface area contributed by atoms with E-state index in [4.69, 9.17) is 9.47 Å². The van der Waals surface area contributed by atoms with Crippen molar-refractivity contribution in [2.24, 2.45) is 14.1 Å². The topological polar surface area (TPSA) is 44.3 Å². The minimum Gasteiger partial charge on any atom is -0.496 e. The molecule has 0 spiro atoms. The van der Waals surface area contributed by atoms with E-state index in [9.17, 15) is 4.79 Å². The monoisotopic (exact) mass is 389 g/mol. The van der Waals surface area contributed by atoms with Gasteiger partial charge in [0.25, 0.3) is 0 Å². The highest BCUT2D eigenvalue weighted by atomic mass is 16.5. The van der Waals surface area contributed by atoms with Crippen molar-refractivity contribution in [3.63, 3.8) is 0 Å². The zero-order valence-corrected chi connectivity index (χ0v) is 17.1. The third-order valence-corrected chi connectivity index (χ3v) is 4.79. The molecule has 3 rings (SSSR count). The number of hydrogen-bond donors (Lipinski definition) is 0. The molecule has 0 aliphatic heterocycles. The molecule has 3 aromatic rings. The molecular weight excluding hydrogens is 364 g/mol. The molecule has 148 valence electrons. The first kappa shape index (κ1) is 20.1. The van der Waals surface area contributed by atoms with Crippen molar-refractivity contribution in [2.75, 3.05) is 14.2 Å². The van der Waals surface area contributed by atoms with E-state index in [1.807, 2.05) is 78.9 Å². The van der Waals surface area contributed by atoms with Gasteiger partial charge in [0, 0.05) is 17.2 Å². The average Bonchev–Trinajstić information content (AvgIpc) is 2.76. The zero-order chi connectivity index (χ0) is 20.8. The van der Waals surface area contributed by atoms with Gasteiger partial charge in [0.05, 0.1) is 28.3 Å². The Morgan fingerprint density at radius 2 is 1.34 bits per heavy atom. The Labute approximate surface area is 170 Å². The molecule has 0 N–H and O–H groups in total.